The number of carbonyl (C=O) groups is 2. The maximum absolute atomic E-state index is 12.7. The number of benzene rings is 2. The van der Waals surface area contributed by atoms with Crippen LogP contribution < -0.4 is 0 Å². The average molecular weight is 522 g/mol. The molecule has 0 aromatic heterocycles. The third kappa shape index (κ3) is 13.9. The lowest BCUT2D eigenvalue weighted by Crippen LogP contribution is -2.43. The van der Waals surface area contributed by atoms with E-state index in [1.807, 2.05) is 12.1 Å². The number of rotatable bonds is 21. The number of hydrogen-bond donors (Lipinski definition) is 0. The summed E-state index contributed by atoms with van der Waals surface area (Å²) in [6.45, 7) is 7.34. The van der Waals surface area contributed by atoms with E-state index in [1.165, 1.54) is 69.4 Å². The summed E-state index contributed by atoms with van der Waals surface area (Å²) in [6, 6.07) is 20.7. The standard InChI is InChI=1S/C34H51NO3/c1-4-5-6-7-8-9-10-11-12-19-24-33(37)25-26-34(38-30(3)36)29(2)35(27-31-20-15-13-16-21-31)28-32-22-17-14-18-23-32/h13-18,20-23,29,34H,4-12,19,24-28H2,1-3H3/t29-,34-/m0/s1. The molecule has 38 heavy (non-hydrogen) atoms. The van der Waals surface area contributed by atoms with Crippen LogP contribution in [-0.2, 0) is 27.4 Å². The minimum absolute atomic E-state index is 0.0237. The fourth-order valence-electron chi connectivity index (χ4n) is 5.06. The van der Waals surface area contributed by atoms with Crippen molar-refractivity contribution >= 4 is 11.8 Å². The molecule has 2 atom stereocenters. The molecule has 0 radical (unpaired) electrons. The molecule has 0 aliphatic heterocycles. The van der Waals surface area contributed by atoms with Gasteiger partial charge in [-0.25, -0.2) is 0 Å². The number of carbonyl (C=O) groups excluding carboxylic acids is 2. The molecule has 0 unspecified atom stereocenters. The van der Waals surface area contributed by atoms with E-state index in [2.05, 4.69) is 67.3 Å². The molecule has 0 spiro atoms. The molecule has 0 amide bonds. The van der Waals surface area contributed by atoms with E-state index in [9.17, 15) is 9.59 Å². The minimum Gasteiger partial charge on any atom is -0.461 e. The Morgan fingerprint density at radius 3 is 1.66 bits per heavy atom. The van der Waals surface area contributed by atoms with Crippen molar-refractivity contribution in [3.63, 3.8) is 0 Å². The quantitative estimate of drug-likeness (QED) is 0.122. The lowest BCUT2D eigenvalue weighted by molar-refractivity contribution is -0.151. The van der Waals surface area contributed by atoms with Gasteiger partial charge in [-0.2, -0.15) is 0 Å². The molecule has 0 saturated heterocycles. The van der Waals surface area contributed by atoms with Crippen LogP contribution in [0.2, 0.25) is 0 Å². The molecule has 4 heteroatoms. The topological polar surface area (TPSA) is 46.6 Å². The molecule has 2 rings (SSSR count). The van der Waals surface area contributed by atoms with Gasteiger partial charge in [0.1, 0.15) is 11.9 Å². The maximum atomic E-state index is 12.7. The van der Waals surface area contributed by atoms with Crippen molar-refractivity contribution < 1.29 is 14.3 Å². The molecule has 2 aromatic rings. The first-order valence-electron chi connectivity index (χ1n) is 15.0. The Hall–Kier alpha value is -2.46. The van der Waals surface area contributed by atoms with Gasteiger partial charge in [-0.05, 0) is 30.9 Å². The van der Waals surface area contributed by atoms with Crippen LogP contribution in [0.1, 0.15) is 115 Å². The van der Waals surface area contributed by atoms with Gasteiger partial charge in [0, 0.05) is 38.9 Å². The highest BCUT2D eigenvalue weighted by Crippen LogP contribution is 2.21. The summed E-state index contributed by atoms with van der Waals surface area (Å²) < 4.78 is 5.79. The highest BCUT2D eigenvalue weighted by molar-refractivity contribution is 5.78. The fourth-order valence-corrected chi connectivity index (χ4v) is 5.06. The molecule has 0 aliphatic rings. The number of hydrogen-bond acceptors (Lipinski definition) is 4. The predicted molar refractivity (Wildman–Crippen MR) is 158 cm³/mol. The third-order valence-corrected chi connectivity index (χ3v) is 7.41. The average Bonchev–Trinajstić information content (AvgIpc) is 2.92. The largest absolute Gasteiger partial charge is 0.461 e. The van der Waals surface area contributed by atoms with Gasteiger partial charge in [-0.3, -0.25) is 14.5 Å². The second-order valence-corrected chi connectivity index (χ2v) is 10.8. The van der Waals surface area contributed by atoms with Crippen LogP contribution in [0.15, 0.2) is 60.7 Å². The molecule has 0 fully saturated rings. The second-order valence-electron chi connectivity index (χ2n) is 10.8. The van der Waals surface area contributed by atoms with E-state index in [1.54, 1.807) is 0 Å². The summed E-state index contributed by atoms with van der Waals surface area (Å²) in [6.07, 6.45) is 14.0. The molecule has 4 nitrogen and oxygen atoms in total. The lowest BCUT2D eigenvalue weighted by atomic mass is 9.99. The van der Waals surface area contributed by atoms with E-state index < -0.39 is 0 Å². The molecular formula is C34H51NO3. The van der Waals surface area contributed by atoms with Gasteiger partial charge < -0.3 is 4.74 Å². The van der Waals surface area contributed by atoms with Gasteiger partial charge in [0.05, 0.1) is 0 Å². The normalized spacial score (nSPS) is 12.8. The summed E-state index contributed by atoms with van der Waals surface area (Å²) in [5.74, 6) is -0.00467. The second kappa shape index (κ2) is 19.6. The summed E-state index contributed by atoms with van der Waals surface area (Å²) >= 11 is 0. The minimum atomic E-state index is -0.323. The van der Waals surface area contributed by atoms with Gasteiger partial charge in [0.15, 0.2) is 0 Å². The van der Waals surface area contributed by atoms with E-state index >= 15 is 0 Å². The van der Waals surface area contributed by atoms with Crippen LogP contribution in [0.25, 0.3) is 0 Å². The first-order valence-corrected chi connectivity index (χ1v) is 15.0. The van der Waals surface area contributed by atoms with Crippen molar-refractivity contribution in [1.82, 2.24) is 4.90 Å². The Labute approximate surface area is 232 Å². The molecule has 2 aromatic carbocycles. The molecule has 0 heterocycles. The van der Waals surface area contributed by atoms with Crippen LogP contribution >= 0.6 is 0 Å². The Balaban J connectivity index is 1.84. The van der Waals surface area contributed by atoms with Crippen LogP contribution in [-0.4, -0.2) is 28.8 Å². The summed E-state index contributed by atoms with van der Waals surface area (Å²) in [4.78, 5) is 27.0. The zero-order chi connectivity index (χ0) is 27.4. The number of Topliss-reactive ketones (excluding diaryl/α,β-unsaturated/α-hetero) is 1. The summed E-state index contributed by atoms with van der Waals surface area (Å²) in [5, 5.41) is 0. The Morgan fingerprint density at radius 1 is 0.711 bits per heavy atom. The van der Waals surface area contributed by atoms with E-state index in [0.29, 0.717) is 19.3 Å². The maximum Gasteiger partial charge on any atom is 0.302 e. The predicted octanol–water partition coefficient (Wildman–Crippen LogP) is 8.67. The van der Waals surface area contributed by atoms with E-state index in [0.717, 1.165) is 25.9 Å². The summed E-state index contributed by atoms with van der Waals surface area (Å²) in [7, 11) is 0. The van der Waals surface area contributed by atoms with Crippen molar-refractivity contribution in [3.8, 4) is 0 Å². The Bertz CT molecular complexity index is 842. The van der Waals surface area contributed by atoms with E-state index in [-0.39, 0.29) is 23.9 Å². The van der Waals surface area contributed by atoms with Crippen molar-refractivity contribution in [2.75, 3.05) is 0 Å². The Kier molecular flexibility index (Phi) is 16.4. The molecule has 0 saturated carbocycles. The number of ether oxygens (including phenoxy) is 1. The van der Waals surface area contributed by atoms with Crippen molar-refractivity contribution in [1.29, 1.82) is 0 Å². The number of ketones is 1. The molecule has 210 valence electrons. The van der Waals surface area contributed by atoms with Crippen LogP contribution in [0, 0.1) is 0 Å². The van der Waals surface area contributed by atoms with Crippen LogP contribution in [0.4, 0.5) is 0 Å². The van der Waals surface area contributed by atoms with Gasteiger partial charge in [-0.15, -0.1) is 0 Å². The zero-order valence-corrected chi connectivity index (χ0v) is 24.2. The van der Waals surface area contributed by atoms with Gasteiger partial charge in [-0.1, -0.05) is 125 Å². The highest BCUT2D eigenvalue weighted by Gasteiger charge is 2.27. The number of esters is 1. The highest BCUT2D eigenvalue weighted by atomic mass is 16.5. The molecule has 0 bridgehead atoms. The molecule has 0 aliphatic carbocycles. The third-order valence-electron chi connectivity index (χ3n) is 7.41. The molecular weight excluding hydrogens is 470 g/mol. The Morgan fingerprint density at radius 2 is 1.18 bits per heavy atom. The van der Waals surface area contributed by atoms with E-state index in [4.69, 9.17) is 4.74 Å². The van der Waals surface area contributed by atoms with Crippen molar-refractivity contribution in [2.45, 2.75) is 129 Å². The van der Waals surface area contributed by atoms with Crippen LogP contribution in [0.3, 0.4) is 0 Å². The molecule has 0 N–H and O–H groups in total. The van der Waals surface area contributed by atoms with Gasteiger partial charge >= 0.3 is 5.97 Å². The first kappa shape index (κ1) is 31.8. The zero-order valence-electron chi connectivity index (χ0n) is 24.2. The number of nitrogens with zero attached hydrogens (tertiary/aromatic N) is 1. The lowest BCUT2D eigenvalue weighted by Gasteiger charge is -2.34. The SMILES string of the molecule is CCCCCCCCCCCCC(=O)CC[C@H](OC(C)=O)[C@H](C)N(Cc1ccccc1)Cc1ccccc1. The first-order chi connectivity index (χ1) is 18.5. The van der Waals surface area contributed by atoms with Gasteiger partial charge in [0.25, 0.3) is 0 Å². The smallest absolute Gasteiger partial charge is 0.302 e. The van der Waals surface area contributed by atoms with Gasteiger partial charge in [0.2, 0.25) is 0 Å². The summed E-state index contributed by atoms with van der Waals surface area (Å²) in [5.41, 5.74) is 2.43. The van der Waals surface area contributed by atoms with Crippen molar-refractivity contribution in [2.24, 2.45) is 0 Å². The number of unbranched alkanes of at least 4 members (excludes halogenated alkanes) is 9. The van der Waals surface area contributed by atoms with Crippen molar-refractivity contribution in [3.05, 3.63) is 71.8 Å². The fraction of sp³-hybridized carbons (Fsp3) is 0.588. The monoisotopic (exact) mass is 521 g/mol. The van der Waals surface area contributed by atoms with Crippen LogP contribution in [0.5, 0.6) is 0 Å².